The largest absolute Gasteiger partial charge is 0.507 e. The summed E-state index contributed by atoms with van der Waals surface area (Å²) in [7, 11) is 0. The molecular formula is C82H90N10O14. The van der Waals surface area contributed by atoms with Crippen molar-refractivity contribution in [3.05, 3.63) is 262 Å². The van der Waals surface area contributed by atoms with Gasteiger partial charge in [0.05, 0.1) is 22.3 Å². The summed E-state index contributed by atoms with van der Waals surface area (Å²) in [4.78, 5) is 148. The number of hydrogen-bond donors (Lipinski definition) is 10. The lowest BCUT2D eigenvalue weighted by atomic mass is 9.81. The van der Waals surface area contributed by atoms with Crippen molar-refractivity contribution in [1.29, 1.82) is 0 Å². The standard InChI is InChI=1S/C82H90N10O14/c1-51(2)43-61(75(83)97)87-77(99)63(45-53-23-11-5-12-24-53)89-79(101)65(47-55-27-15-7-16-28-55)91(81(103)105-49-57-31-19-9-20-32-57)41-39-85-59-35-36-60(70-69(59)73(95)71-67(93)37-38-68(94)72(71)74(70)96)86-40-42-92(82(104)106-50-58-33-21-10-22-34-58)66(48-56-29-17-8-18-30-56)80(102)90-64(46-54-25-13-6-14-26-54)78(100)88-62(76(84)98)44-52(3)4/h5-38,51-52,61-66,85-86,93-94H,39-50H2,1-4H3,(H2,83,97)(H2,84,98)(H,87,99)(H,88,100)(H,89,101)(H,90,102)/t61-,62-,63-,64-,65-,66-/m0/s1. The number of carbonyl (C=O) groups is 10. The van der Waals surface area contributed by atoms with Crippen molar-refractivity contribution in [2.24, 2.45) is 23.3 Å². The molecule has 0 aromatic heterocycles. The molecule has 8 amide bonds. The van der Waals surface area contributed by atoms with Gasteiger partial charge < -0.3 is 63.1 Å². The molecule has 1 aliphatic carbocycles. The second-order valence-corrected chi connectivity index (χ2v) is 26.8. The van der Waals surface area contributed by atoms with Gasteiger partial charge in [0.1, 0.15) is 61.0 Å². The Kier molecular flexibility index (Phi) is 27.7. The number of nitrogens with one attached hydrogen (secondary N) is 6. The third-order valence-electron chi connectivity index (χ3n) is 18.0. The molecule has 552 valence electrons. The summed E-state index contributed by atoms with van der Waals surface area (Å²) in [5, 5.41) is 40.4. The van der Waals surface area contributed by atoms with Gasteiger partial charge in [0.15, 0.2) is 0 Å². The Labute approximate surface area is 615 Å². The van der Waals surface area contributed by atoms with E-state index in [1.165, 1.54) is 21.9 Å². The lowest BCUT2D eigenvalue weighted by molar-refractivity contribution is -0.133. The van der Waals surface area contributed by atoms with E-state index in [1.807, 2.05) is 27.7 Å². The first-order valence-corrected chi connectivity index (χ1v) is 35.2. The maximum Gasteiger partial charge on any atom is 0.410 e. The number of carbonyl (C=O) groups excluding carboxylic acids is 10. The summed E-state index contributed by atoms with van der Waals surface area (Å²) in [5.41, 5.74) is 13.8. The van der Waals surface area contributed by atoms with Crippen LogP contribution in [-0.2, 0) is 77.1 Å². The highest BCUT2D eigenvalue weighted by atomic mass is 16.6. The zero-order valence-electron chi connectivity index (χ0n) is 59.6. The molecule has 0 aliphatic heterocycles. The number of aromatic hydroxyl groups is 2. The number of hydrogen-bond acceptors (Lipinski definition) is 16. The van der Waals surface area contributed by atoms with Crippen LogP contribution in [0.2, 0.25) is 0 Å². The van der Waals surface area contributed by atoms with Crippen LogP contribution in [0.3, 0.4) is 0 Å². The third kappa shape index (κ3) is 21.4. The topological polar surface area (TPSA) is 360 Å². The van der Waals surface area contributed by atoms with Crippen LogP contribution in [0.15, 0.2) is 206 Å². The monoisotopic (exact) mass is 1440 g/mol. The fraction of sp³-hybridized carbons (Fsp3) is 0.293. The summed E-state index contributed by atoms with van der Waals surface area (Å²) in [6.45, 7) is 5.82. The number of nitrogens with two attached hydrogens (primary N) is 2. The Morgan fingerprint density at radius 2 is 0.651 bits per heavy atom. The van der Waals surface area contributed by atoms with Gasteiger partial charge in [0, 0.05) is 63.2 Å². The molecule has 0 spiro atoms. The average molecular weight is 1440 g/mol. The van der Waals surface area contributed by atoms with Crippen molar-refractivity contribution in [2.75, 3.05) is 36.8 Å². The van der Waals surface area contributed by atoms with Crippen molar-refractivity contribution >= 4 is 70.6 Å². The van der Waals surface area contributed by atoms with Crippen LogP contribution in [0.1, 0.15) is 106 Å². The number of primary amides is 2. The number of nitrogens with zero attached hydrogens (tertiary/aromatic N) is 2. The number of rotatable bonds is 36. The molecule has 0 heterocycles. The van der Waals surface area contributed by atoms with Gasteiger partial charge in [-0.25, -0.2) is 9.59 Å². The molecule has 0 saturated heterocycles. The second-order valence-electron chi connectivity index (χ2n) is 26.8. The van der Waals surface area contributed by atoms with Crippen LogP contribution in [0.5, 0.6) is 11.5 Å². The highest BCUT2D eigenvalue weighted by molar-refractivity contribution is 6.33. The molecule has 1 aliphatic rings. The number of phenols is 2. The first kappa shape index (κ1) is 77.8. The molecule has 12 N–H and O–H groups in total. The van der Waals surface area contributed by atoms with E-state index in [-0.39, 0.29) is 112 Å². The first-order valence-electron chi connectivity index (χ1n) is 35.2. The predicted molar refractivity (Wildman–Crippen MR) is 400 cm³/mol. The fourth-order valence-electron chi connectivity index (χ4n) is 12.6. The van der Waals surface area contributed by atoms with Crippen LogP contribution in [-0.4, -0.2) is 142 Å². The van der Waals surface area contributed by atoms with E-state index in [0.717, 1.165) is 12.1 Å². The van der Waals surface area contributed by atoms with Crippen molar-refractivity contribution in [3.8, 4) is 11.5 Å². The zero-order chi connectivity index (χ0) is 75.8. The Morgan fingerprint density at radius 1 is 0.368 bits per heavy atom. The Morgan fingerprint density at radius 3 is 0.943 bits per heavy atom. The molecule has 0 bridgehead atoms. The Hall–Kier alpha value is -12.3. The maximum atomic E-state index is 15.3. The van der Waals surface area contributed by atoms with E-state index in [2.05, 4.69) is 31.9 Å². The molecule has 8 aromatic carbocycles. The molecule has 0 fully saturated rings. The molecule has 8 aromatic rings. The van der Waals surface area contributed by atoms with E-state index >= 15 is 19.2 Å². The number of phenolic OH excluding ortho intramolecular Hbond substituents is 2. The van der Waals surface area contributed by atoms with Gasteiger partial charge in [-0.2, -0.15) is 0 Å². The quantitative estimate of drug-likeness (QED) is 0.0164. The molecule has 106 heavy (non-hydrogen) atoms. The SMILES string of the molecule is CC(C)C[C@H](NC(=O)[C@H](Cc1ccccc1)NC(=O)[C@H](Cc1ccccc1)N(CCNc1ccc(NCCN(C(=O)OCc2ccccc2)[C@@H](Cc2ccccc2)C(=O)N[C@@H](Cc2ccccc2)C(=O)N[C@@H](CC(C)C)C(N)=O)c2c1C(=O)c1c(O)ccc(O)c1C2=O)C(=O)OCc1ccccc1)C(N)=O. The van der Waals surface area contributed by atoms with Gasteiger partial charge in [-0.05, 0) is 82.3 Å². The van der Waals surface area contributed by atoms with Gasteiger partial charge in [-0.3, -0.25) is 48.2 Å². The van der Waals surface area contributed by atoms with Crippen molar-refractivity contribution in [1.82, 2.24) is 31.1 Å². The van der Waals surface area contributed by atoms with Crippen molar-refractivity contribution in [2.45, 2.75) is 116 Å². The van der Waals surface area contributed by atoms with Gasteiger partial charge in [0.25, 0.3) is 0 Å². The Balaban J connectivity index is 1.06. The molecule has 0 radical (unpaired) electrons. The Bertz CT molecular complexity index is 4090. The van der Waals surface area contributed by atoms with Gasteiger partial charge in [0.2, 0.25) is 47.0 Å². The lowest BCUT2D eigenvalue weighted by Crippen LogP contribution is -2.58. The zero-order valence-corrected chi connectivity index (χ0v) is 59.6. The summed E-state index contributed by atoms with van der Waals surface area (Å²) < 4.78 is 11.9. The van der Waals surface area contributed by atoms with E-state index in [9.17, 15) is 39.0 Å². The molecule has 0 unspecified atom stereocenters. The van der Waals surface area contributed by atoms with E-state index in [1.54, 1.807) is 182 Å². The van der Waals surface area contributed by atoms with Crippen LogP contribution in [0.4, 0.5) is 21.0 Å². The third-order valence-corrected chi connectivity index (χ3v) is 18.0. The van der Waals surface area contributed by atoms with Crippen molar-refractivity contribution in [3.63, 3.8) is 0 Å². The minimum absolute atomic E-state index is 0.00474. The van der Waals surface area contributed by atoms with E-state index in [4.69, 9.17) is 20.9 Å². The maximum absolute atomic E-state index is 15.3. The second kappa shape index (κ2) is 37.7. The minimum Gasteiger partial charge on any atom is -0.507 e. The summed E-state index contributed by atoms with van der Waals surface area (Å²) >= 11 is 0. The summed E-state index contributed by atoms with van der Waals surface area (Å²) in [6.07, 6.45) is -1.78. The van der Waals surface area contributed by atoms with E-state index in [0.29, 0.717) is 33.4 Å². The molecule has 9 rings (SSSR count). The molecule has 6 atom stereocenters. The van der Waals surface area contributed by atoms with Crippen LogP contribution in [0, 0.1) is 11.8 Å². The lowest BCUT2D eigenvalue weighted by Gasteiger charge is -2.33. The highest BCUT2D eigenvalue weighted by Crippen LogP contribution is 2.42. The summed E-state index contributed by atoms with van der Waals surface area (Å²) in [5.74, 6) is -7.65. The molecule has 24 nitrogen and oxygen atoms in total. The van der Waals surface area contributed by atoms with Gasteiger partial charge in [-0.15, -0.1) is 0 Å². The average Bonchev–Trinajstić information content (AvgIpc) is 0.731. The number of fused-ring (bicyclic) bond motifs is 2. The van der Waals surface area contributed by atoms with Crippen molar-refractivity contribution < 1.29 is 67.6 Å². The first-order chi connectivity index (χ1) is 51.0. The fourth-order valence-corrected chi connectivity index (χ4v) is 12.6. The molecular weight excluding hydrogens is 1350 g/mol. The highest BCUT2D eigenvalue weighted by Gasteiger charge is 2.41. The normalized spacial score (nSPS) is 13.2. The predicted octanol–water partition coefficient (Wildman–Crippen LogP) is 8.68. The number of anilines is 2. The van der Waals surface area contributed by atoms with Crippen LogP contribution in [0.25, 0.3) is 0 Å². The molecule has 0 saturated carbocycles. The minimum atomic E-state index is -1.42. The smallest absolute Gasteiger partial charge is 0.410 e. The van der Waals surface area contributed by atoms with Gasteiger partial charge >= 0.3 is 12.2 Å². The molecule has 24 heteroatoms. The number of amides is 8. The van der Waals surface area contributed by atoms with E-state index < -0.39 is 118 Å². The van der Waals surface area contributed by atoms with Crippen LogP contribution < -0.4 is 43.4 Å². The van der Waals surface area contributed by atoms with Crippen LogP contribution >= 0.6 is 0 Å². The number of ketones is 2. The number of benzene rings is 8. The summed E-state index contributed by atoms with van der Waals surface area (Å²) in [6, 6.07) is 50.5. The van der Waals surface area contributed by atoms with Gasteiger partial charge in [-0.1, -0.05) is 210 Å². The number of ether oxygens (including phenoxy) is 2.